The highest BCUT2D eigenvalue weighted by molar-refractivity contribution is 4.80. The quantitative estimate of drug-likeness (QED) is 0.345. The summed E-state index contributed by atoms with van der Waals surface area (Å²) in [6.07, 6.45) is 0.149. The van der Waals surface area contributed by atoms with Gasteiger partial charge in [-0.25, -0.2) is 0 Å². The molecule has 0 saturated carbocycles. The van der Waals surface area contributed by atoms with Crippen LogP contribution in [-0.4, -0.2) is 56.6 Å². The summed E-state index contributed by atoms with van der Waals surface area (Å²) in [6.45, 7) is 1.48. The van der Waals surface area contributed by atoms with Crippen molar-refractivity contribution in [1.29, 1.82) is 0 Å². The predicted octanol–water partition coefficient (Wildman–Crippen LogP) is -0.217. The Morgan fingerprint density at radius 3 is 1.82 bits per heavy atom. The van der Waals surface area contributed by atoms with Crippen molar-refractivity contribution in [3.05, 3.63) is 0 Å². The molecule has 4 atom stereocenters. The summed E-state index contributed by atoms with van der Waals surface area (Å²) in [5, 5.41) is 46.2. The Morgan fingerprint density at radius 2 is 1.29 bits per heavy atom. The smallest absolute Gasteiger partial charge is 0.110 e. The molecule has 5 N–H and O–H groups in total. The molecule has 0 aromatic heterocycles. The topological polar surface area (TPSA) is 101 Å². The molecule has 0 saturated heterocycles. The second-order valence-electron chi connectivity index (χ2n) is 4.50. The fourth-order valence-corrected chi connectivity index (χ4v) is 1.69. The minimum atomic E-state index is -1.51. The van der Waals surface area contributed by atoms with Crippen molar-refractivity contribution in [3.8, 4) is 0 Å². The van der Waals surface area contributed by atoms with E-state index >= 15 is 0 Å². The van der Waals surface area contributed by atoms with Gasteiger partial charge in [0.2, 0.25) is 0 Å². The predicted molar refractivity (Wildman–Crippen MR) is 64.5 cm³/mol. The fraction of sp³-hybridized carbons (Fsp3) is 1.00. The van der Waals surface area contributed by atoms with E-state index in [2.05, 4.69) is 6.92 Å². The highest BCUT2D eigenvalue weighted by Crippen LogP contribution is 2.12. The zero-order valence-electron chi connectivity index (χ0n) is 10.5. The summed E-state index contributed by atoms with van der Waals surface area (Å²) < 4.78 is 0. The van der Waals surface area contributed by atoms with Crippen molar-refractivity contribution in [3.63, 3.8) is 0 Å². The van der Waals surface area contributed by atoms with Crippen LogP contribution in [0, 0.1) is 0 Å². The minimum absolute atomic E-state index is 0.389. The van der Waals surface area contributed by atoms with Gasteiger partial charge in [-0.2, -0.15) is 0 Å². The van der Waals surface area contributed by atoms with E-state index in [1.54, 1.807) is 0 Å². The number of rotatable bonds is 10. The van der Waals surface area contributed by atoms with Crippen LogP contribution in [0.1, 0.15) is 45.4 Å². The summed E-state index contributed by atoms with van der Waals surface area (Å²) in [5.41, 5.74) is 0. The largest absolute Gasteiger partial charge is 0.394 e. The van der Waals surface area contributed by atoms with Gasteiger partial charge in [0.05, 0.1) is 12.7 Å². The van der Waals surface area contributed by atoms with E-state index in [0.717, 1.165) is 32.1 Å². The molecule has 0 heterocycles. The van der Waals surface area contributed by atoms with Gasteiger partial charge in [0, 0.05) is 0 Å². The van der Waals surface area contributed by atoms with Crippen molar-refractivity contribution in [2.75, 3.05) is 6.61 Å². The monoisotopic (exact) mass is 250 g/mol. The number of hydrogen-bond donors (Lipinski definition) is 5. The highest BCUT2D eigenvalue weighted by Gasteiger charge is 2.29. The molecule has 0 aliphatic heterocycles. The standard InChI is InChI=1S/C12H26O5/c1-2-3-4-5-6-7-9(14)11(16)12(17)10(15)8-13/h9-17H,2-8H2,1H3. The van der Waals surface area contributed by atoms with E-state index < -0.39 is 31.0 Å². The van der Waals surface area contributed by atoms with Crippen molar-refractivity contribution < 1.29 is 25.5 Å². The lowest BCUT2D eigenvalue weighted by Crippen LogP contribution is -2.45. The van der Waals surface area contributed by atoms with Crippen LogP contribution in [0.2, 0.25) is 0 Å². The van der Waals surface area contributed by atoms with Gasteiger partial charge in [-0.1, -0.05) is 39.0 Å². The Hall–Kier alpha value is -0.200. The molecule has 0 bridgehead atoms. The van der Waals surface area contributed by atoms with Crippen LogP contribution in [0.15, 0.2) is 0 Å². The molecule has 0 spiro atoms. The minimum Gasteiger partial charge on any atom is -0.394 e. The molecule has 0 aliphatic rings. The van der Waals surface area contributed by atoms with Crippen LogP contribution >= 0.6 is 0 Å². The molecule has 0 radical (unpaired) electrons. The van der Waals surface area contributed by atoms with Gasteiger partial charge in [0.15, 0.2) is 0 Å². The lowest BCUT2D eigenvalue weighted by atomic mass is 9.98. The first-order chi connectivity index (χ1) is 8.04. The Kier molecular flexibility index (Phi) is 9.68. The third-order valence-corrected chi connectivity index (χ3v) is 2.93. The molecule has 0 aliphatic carbocycles. The maximum absolute atomic E-state index is 9.59. The van der Waals surface area contributed by atoms with Gasteiger partial charge >= 0.3 is 0 Å². The van der Waals surface area contributed by atoms with Crippen LogP contribution in [0.25, 0.3) is 0 Å². The molecule has 5 heteroatoms. The normalized spacial score (nSPS) is 18.7. The van der Waals surface area contributed by atoms with Crippen molar-refractivity contribution >= 4 is 0 Å². The molecule has 5 nitrogen and oxygen atoms in total. The second-order valence-corrected chi connectivity index (χ2v) is 4.50. The van der Waals surface area contributed by atoms with Crippen LogP contribution in [0.3, 0.4) is 0 Å². The van der Waals surface area contributed by atoms with Gasteiger partial charge in [0.1, 0.15) is 18.3 Å². The first-order valence-corrected chi connectivity index (χ1v) is 6.37. The Balaban J connectivity index is 3.76. The average molecular weight is 250 g/mol. The number of aliphatic hydroxyl groups excluding tert-OH is 5. The molecule has 0 fully saturated rings. The van der Waals surface area contributed by atoms with E-state index in [4.69, 9.17) is 10.2 Å². The fourth-order valence-electron chi connectivity index (χ4n) is 1.69. The van der Waals surface area contributed by atoms with E-state index in [-0.39, 0.29) is 0 Å². The van der Waals surface area contributed by atoms with Crippen LogP contribution in [-0.2, 0) is 0 Å². The van der Waals surface area contributed by atoms with Gasteiger partial charge in [-0.15, -0.1) is 0 Å². The van der Waals surface area contributed by atoms with Crippen LogP contribution in [0.5, 0.6) is 0 Å². The van der Waals surface area contributed by atoms with Crippen molar-refractivity contribution in [2.45, 2.75) is 69.9 Å². The highest BCUT2D eigenvalue weighted by atomic mass is 16.4. The molecule has 0 aromatic carbocycles. The zero-order valence-corrected chi connectivity index (χ0v) is 10.5. The third kappa shape index (κ3) is 6.95. The van der Waals surface area contributed by atoms with E-state index in [9.17, 15) is 15.3 Å². The average Bonchev–Trinajstić information content (AvgIpc) is 2.35. The van der Waals surface area contributed by atoms with E-state index in [1.807, 2.05) is 0 Å². The lowest BCUT2D eigenvalue weighted by molar-refractivity contribution is -0.116. The molecule has 17 heavy (non-hydrogen) atoms. The summed E-state index contributed by atoms with van der Waals surface area (Å²) in [5.74, 6) is 0. The SMILES string of the molecule is CCCCCCCC(O)C(O)C(O)C(O)CO. The van der Waals surface area contributed by atoms with Gasteiger partial charge in [-0.3, -0.25) is 0 Å². The Bertz CT molecular complexity index is 176. The zero-order chi connectivity index (χ0) is 13.3. The van der Waals surface area contributed by atoms with Gasteiger partial charge in [0.25, 0.3) is 0 Å². The molecule has 0 amide bonds. The third-order valence-electron chi connectivity index (χ3n) is 2.93. The Labute approximate surface area is 103 Å². The summed E-state index contributed by atoms with van der Waals surface area (Å²) in [6, 6.07) is 0. The Morgan fingerprint density at radius 1 is 0.765 bits per heavy atom. The summed E-state index contributed by atoms with van der Waals surface area (Å²) >= 11 is 0. The molecule has 0 aromatic rings. The molecule has 4 unspecified atom stereocenters. The second kappa shape index (κ2) is 9.79. The number of aliphatic hydroxyl groups is 5. The molecular formula is C12H26O5. The van der Waals surface area contributed by atoms with Crippen molar-refractivity contribution in [2.24, 2.45) is 0 Å². The molecule has 104 valence electrons. The number of unbranched alkanes of at least 4 members (excludes halogenated alkanes) is 4. The molecular weight excluding hydrogens is 224 g/mol. The van der Waals surface area contributed by atoms with Crippen LogP contribution < -0.4 is 0 Å². The maximum Gasteiger partial charge on any atom is 0.110 e. The first kappa shape index (κ1) is 16.8. The van der Waals surface area contributed by atoms with Crippen molar-refractivity contribution in [1.82, 2.24) is 0 Å². The lowest BCUT2D eigenvalue weighted by Gasteiger charge is -2.25. The van der Waals surface area contributed by atoms with Gasteiger partial charge in [-0.05, 0) is 6.42 Å². The van der Waals surface area contributed by atoms with E-state index in [1.165, 1.54) is 0 Å². The van der Waals surface area contributed by atoms with E-state index in [0.29, 0.717) is 6.42 Å². The maximum atomic E-state index is 9.59. The van der Waals surface area contributed by atoms with Gasteiger partial charge < -0.3 is 25.5 Å². The molecule has 0 rings (SSSR count). The number of hydrogen-bond acceptors (Lipinski definition) is 5. The summed E-state index contributed by atoms with van der Waals surface area (Å²) in [7, 11) is 0. The van der Waals surface area contributed by atoms with Crippen LogP contribution in [0.4, 0.5) is 0 Å². The summed E-state index contributed by atoms with van der Waals surface area (Å²) in [4.78, 5) is 0. The first-order valence-electron chi connectivity index (χ1n) is 6.37.